The van der Waals surface area contributed by atoms with Crippen LogP contribution >= 0.6 is 0 Å². The first-order chi connectivity index (χ1) is 12.0. The van der Waals surface area contributed by atoms with E-state index in [4.69, 9.17) is 9.47 Å². The quantitative estimate of drug-likeness (QED) is 0.564. The highest BCUT2D eigenvalue weighted by molar-refractivity contribution is 5.89. The molecular formula is C20H26O6. The molecule has 1 aliphatic rings. The normalized spacial score (nSPS) is 20.8. The minimum atomic E-state index is -1.26. The lowest BCUT2D eigenvalue weighted by atomic mass is 9.92. The number of rotatable bonds is 3. The Balaban J connectivity index is 2.56. The molecule has 0 bridgehead atoms. The van der Waals surface area contributed by atoms with Crippen LogP contribution in [0.25, 0.3) is 5.57 Å². The maximum absolute atomic E-state index is 12.2. The van der Waals surface area contributed by atoms with Crippen molar-refractivity contribution < 1.29 is 29.6 Å². The molecule has 1 aromatic rings. The van der Waals surface area contributed by atoms with Crippen LogP contribution in [0.2, 0.25) is 0 Å². The number of benzene rings is 1. The van der Waals surface area contributed by atoms with E-state index in [0.29, 0.717) is 16.7 Å². The van der Waals surface area contributed by atoms with E-state index in [1.54, 1.807) is 40.7 Å². The Morgan fingerprint density at radius 2 is 2.04 bits per heavy atom. The van der Waals surface area contributed by atoms with Gasteiger partial charge in [0.25, 0.3) is 0 Å². The van der Waals surface area contributed by atoms with Gasteiger partial charge in [-0.25, -0.2) is 4.79 Å². The van der Waals surface area contributed by atoms with E-state index in [-0.39, 0.29) is 29.2 Å². The Morgan fingerprint density at radius 1 is 1.42 bits per heavy atom. The minimum Gasteiger partial charge on any atom is -0.508 e. The van der Waals surface area contributed by atoms with Crippen molar-refractivity contribution in [1.82, 2.24) is 0 Å². The SMILES string of the molecule is C=C1c2cc(O)c(C)c(O)c2O[C@H](C(C)(C)O)C[C@H]1OC(=O)/C(C)=C\C. The van der Waals surface area contributed by atoms with E-state index in [2.05, 4.69) is 6.58 Å². The number of phenolic OH excluding ortho intramolecular Hbond substituents is 2. The molecule has 0 saturated heterocycles. The highest BCUT2D eigenvalue weighted by Gasteiger charge is 2.39. The van der Waals surface area contributed by atoms with Gasteiger partial charge in [0.2, 0.25) is 0 Å². The van der Waals surface area contributed by atoms with Gasteiger partial charge in [-0.1, -0.05) is 12.7 Å². The average molecular weight is 362 g/mol. The monoisotopic (exact) mass is 362 g/mol. The topological polar surface area (TPSA) is 96.2 Å². The van der Waals surface area contributed by atoms with Gasteiger partial charge >= 0.3 is 5.97 Å². The predicted molar refractivity (Wildman–Crippen MR) is 98.2 cm³/mol. The fraction of sp³-hybridized carbons (Fsp3) is 0.450. The molecule has 0 aliphatic carbocycles. The second-order valence-electron chi connectivity index (χ2n) is 7.13. The maximum atomic E-state index is 12.2. The third-order valence-electron chi connectivity index (χ3n) is 4.70. The van der Waals surface area contributed by atoms with Crippen LogP contribution in [0.5, 0.6) is 17.2 Å². The van der Waals surface area contributed by atoms with Gasteiger partial charge in [-0.2, -0.15) is 0 Å². The first-order valence-electron chi connectivity index (χ1n) is 8.45. The first-order valence-corrected chi connectivity index (χ1v) is 8.45. The number of ether oxygens (including phenoxy) is 2. The summed E-state index contributed by atoms with van der Waals surface area (Å²) in [5, 5.41) is 30.9. The van der Waals surface area contributed by atoms with Gasteiger partial charge in [-0.15, -0.1) is 0 Å². The maximum Gasteiger partial charge on any atom is 0.333 e. The van der Waals surface area contributed by atoms with Crippen molar-refractivity contribution in [3.63, 3.8) is 0 Å². The summed E-state index contributed by atoms with van der Waals surface area (Å²) in [6.07, 6.45) is 0.246. The zero-order chi connectivity index (χ0) is 19.8. The molecule has 0 radical (unpaired) electrons. The average Bonchev–Trinajstić information content (AvgIpc) is 2.70. The summed E-state index contributed by atoms with van der Waals surface area (Å²) >= 11 is 0. The first kappa shape index (κ1) is 19.8. The molecule has 1 aliphatic heterocycles. The number of hydrogen-bond donors (Lipinski definition) is 3. The molecule has 0 unspecified atom stereocenters. The molecule has 26 heavy (non-hydrogen) atoms. The van der Waals surface area contributed by atoms with E-state index in [0.717, 1.165) is 0 Å². The molecule has 0 saturated carbocycles. The summed E-state index contributed by atoms with van der Waals surface area (Å²) in [6, 6.07) is 1.42. The summed E-state index contributed by atoms with van der Waals surface area (Å²) in [7, 11) is 0. The van der Waals surface area contributed by atoms with Crippen LogP contribution < -0.4 is 4.74 Å². The van der Waals surface area contributed by atoms with Crippen LogP contribution in [0.1, 0.15) is 45.2 Å². The van der Waals surface area contributed by atoms with E-state index in [1.165, 1.54) is 6.07 Å². The molecule has 6 heteroatoms. The molecule has 2 atom stereocenters. The van der Waals surface area contributed by atoms with Crippen molar-refractivity contribution in [1.29, 1.82) is 0 Å². The zero-order valence-corrected chi connectivity index (χ0v) is 15.8. The molecule has 2 rings (SSSR count). The second-order valence-corrected chi connectivity index (χ2v) is 7.13. The van der Waals surface area contributed by atoms with Gasteiger partial charge in [0.15, 0.2) is 11.5 Å². The number of fused-ring (bicyclic) bond motifs is 1. The predicted octanol–water partition coefficient (Wildman–Crippen LogP) is 3.22. The van der Waals surface area contributed by atoms with Crippen molar-refractivity contribution in [2.45, 2.75) is 58.8 Å². The van der Waals surface area contributed by atoms with Crippen LogP contribution in [-0.2, 0) is 9.53 Å². The number of aliphatic hydroxyl groups is 1. The van der Waals surface area contributed by atoms with Crippen molar-refractivity contribution >= 4 is 11.5 Å². The Labute approximate surface area is 153 Å². The minimum absolute atomic E-state index is 0.110. The Kier molecular flexibility index (Phi) is 5.37. The fourth-order valence-corrected chi connectivity index (χ4v) is 2.68. The Bertz CT molecular complexity index is 769. The number of esters is 1. The van der Waals surface area contributed by atoms with Gasteiger partial charge in [0, 0.05) is 23.1 Å². The molecule has 0 amide bonds. The fourth-order valence-electron chi connectivity index (χ4n) is 2.68. The lowest BCUT2D eigenvalue weighted by Crippen LogP contribution is -2.42. The Morgan fingerprint density at radius 3 is 2.58 bits per heavy atom. The highest BCUT2D eigenvalue weighted by atomic mass is 16.6. The molecule has 3 N–H and O–H groups in total. The van der Waals surface area contributed by atoms with Crippen molar-refractivity contribution in [3.8, 4) is 17.2 Å². The molecule has 142 valence electrons. The molecule has 1 aromatic carbocycles. The summed E-state index contributed by atoms with van der Waals surface area (Å²) < 4.78 is 11.4. The van der Waals surface area contributed by atoms with Gasteiger partial charge in [0.1, 0.15) is 18.0 Å². The van der Waals surface area contributed by atoms with E-state index in [1.807, 2.05) is 0 Å². The number of allylic oxidation sites excluding steroid dienone is 1. The van der Waals surface area contributed by atoms with Gasteiger partial charge in [-0.05, 0) is 46.3 Å². The van der Waals surface area contributed by atoms with Gasteiger partial charge in [0.05, 0.1) is 5.60 Å². The number of phenols is 2. The van der Waals surface area contributed by atoms with E-state index in [9.17, 15) is 20.1 Å². The third kappa shape index (κ3) is 3.70. The number of carbonyl (C=O) groups excluding carboxylic acids is 1. The Hall–Kier alpha value is -2.47. The highest BCUT2D eigenvalue weighted by Crippen LogP contribution is 2.46. The summed E-state index contributed by atoms with van der Waals surface area (Å²) in [6.45, 7) is 12.1. The van der Waals surface area contributed by atoms with Gasteiger partial charge < -0.3 is 24.8 Å². The number of hydrogen-bond acceptors (Lipinski definition) is 6. The standard InChI is InChI=1S/C20H26O6/c1-7-10(2)19(23)25-15-9-16(20(5,6)24)26-18-13(11(15)3)8-14(21)12(4)17(18)22/h7-8,15-16,21-22,24H,3,9H2,1-2,4-6H3/b10-7-/t15-,16+/m1/s1. The number of aromatic hydroxyl groups is 2. The van der Waals surface area contributed by atoms with E-state index >= 15 is 0 Å². The van der Waals surface area contributed by atoms with E-state index < -0.39 is 23.8 Å². The lowest BCUT2D eigenvalue weighted by Gasteiger charge is -2.30. The smallest absolute Gasteiger partial charge is 0.333 e. The van der Waals surface area contributed by atoms with Crippen molar-refractivity contribution in [2.24, 2.45) is 0 Å². The van der Waals surface area contributed by atoms with Crippen LogP contribution in [-0.4, -0.2) is 39.1 Å². The molecule has 0 fully saturated rings. The summed E-state index contributed by atoms with van der Waals surface area (Å²) in [5.41, 5.74) is 0.159. The summed E-state index contributed by atoms with van der Waals surface area (Å²) in [4.78, 5) is 12.2. The molecule has 6 nitrogen and oxygen atoms in total. The third-order valence-corrected chi connectivity index (χ3v) is 4.70. The van der Waals surface area contributed by atoms with Crippen LogP contribution in [0, 0.1) is 6.92 Å². The zero-order valence-electron chi connectivity index (χ0n) is 15.8. The van der Waals surface area contributed by atoms with Crippen LogP contribution in [0.3, 0.4) is 0 Å². The summed E-state index contributed by atoms with van der Waals surface area (Å²) in [5.74, 6) is -0.745. The van der Waals surface area contributed by atoms with Crippen molar-refractivity contribution in [3.05, 3.63) is 35.4 Å². The number of carbonyl (C=O) groups is 1. The van der Waals surface area contributed by atoms with Crippen molar-refractivity contribution in [2.75, 3.05) is 0 Å². The largest absolute Gasteiger partial charge is 0.508 e. The molecule has 0 aromatic heterocycles. The molecule has 1 heterocycles. The lowest BCUT2D eigenvalue weighted by molar-refractivity contribution is -0.143. The van der Waals surface area contributed by atoms with Crippen LogP contribution in [0.4, 0.5) is 0 Å². The van der Waals surface area contributed by atoms with Crippen LogP contribution in [0.15, 0.2) is 24.3 Å². The molecular weight excluding hydrogens is 336 g/mol. The molecule has 0 spiro atoms. The second kappa shape index (κ2) is 7.03. The van der Waals surface area contributed by atoms with Gasteiger partial charge in [-0.3, -0.25) is 0 Å².